The van der Waals surface area contributed by atoms with Crippen LogP contribution in [0, 0.1) is 0 Å². The maximum Gasteiger partial charge on any atom is 0.239 e. The Balaban J connectivity index is 3.56. The van der Waals surface area contributed by atoms with Crippen LogP contribution in [0.25, 0.3) is 0 Å². The van der Waals surface area contributed by atoms with Crippen LogP contribution in [-0.2, 0) is 15.3 Å². The quantitative estimate of drug-likeness (QED) is 0.241. The number of hydrogen-bond acceptors (Lipinski definition) is 4. The van der Waals surface area contributed by atoms with Crippen molar-refractivity contribution in [2.45, 2.75) is 6.92 Å². The summed E-state index contributed by atoms with van der Waals surface area (Å²) in [7, 11) is 0. The maximum atomic E-state index is 10.1. The summed E-state index contributed by atoms with van der Waals surface area (Å²) in [4.78, 5) is 0. The molecule has 5 heteroatoms. The van der Waals surface area contributed by atoms with Gasteiger partial charge in [-0.1, -0.05) is 5.16 Å². The van der Waals surface area contributed by atoms with E-state index in [0.29, 0.717) is 0 Å². The second kappa shape index (κ2) is 3.43. The highest BCUT2D eigenvalue weighted by Crippen LogP contribution is 1.81. The number of hydrogen-bond donors (Lipinski definition) is 1. The Morgan fingerprint density at radius 2 is 2.38 bits per heavy atom. The molecule has 0 aromatic carbocycles. The fraction of sp³-hybridized carbons (Fsp3) is 0.667. The monoisotopic (exact) mass is 137 g/mol. The molecule has 0 aromatic heterocycles. The van der Waals surface area contributed by atoms with Crippen molar-refractivity contribution in [1.82, 2.24) is 0 Å². The summed E-state index contributed by atoms with van der Waals surface area (Å²) < 4.78 is 14.5. The van der Waals surface area contributed by atoms with E-state index in [2.05, 4.69) is 9.34 Å². The smallest absolute Gasteiger partial charge is 0.239 e. The molecule has 1 atom stereocenters. The van der Waals surface area contributed by atoms with Crippen molar-refractivity contribution in [2.75, 3.05) is 6.26 Å². The average Bonchev–Trinajstić information content (AvgIpc) is 1.65. The van der Waals surface area contributed by atoms with Crippen LogP contribution < -0.4 is 0 Å². The molecule has 4 nitrogen and oxygen atoms in total. The predicted molar refractivity (Wildman–Crippen MR) is 30.0 cm³/mol. The van der Waals surface area contributed by atoms with Crippen molar-refractivity contribution in [3.05, 3.63) is 0 Å². The van der Waals surface area contributed by atoms with Crippen LogP contribution >= 0.6 is 0 Å². The Morgan fingerprint density at radius 3 is 2.50 bits per heavy atom. The Kier molecular flexibility index (Phi) is 3.18. The van der Waals surface area contributed by atoms with Gasteiger partial charge in [0, 0.05) is 13.2 Å². The Morgan fingerprint density at radius 1 is 1.88 bits per heavy atom. The largest absolute Gasteiger partial charge is 0.408 e. The zero-order valence-electron chi connectivity index (χ0n) is 4.62. The number of nitrogens with zero attached hydrogens (tertiary/aromatic N) is 1. The van der Waals surface area contributed by atoms with Crippen molar-refractivity contribution in [1.29, 1.82) is 0 Å². The van der Waals surface area contributed by atoms with Crippen molar-refractivity contribution < 1.29 is 13.6 Å². The van der Waals surface area contributed by atoms with Gasteiger partial charge in [0.25, 0.3) is 0 Å². The molecule has 8 heavy (non-hydrogen) atoms. The summed E-state index contributed by atoms with van der Waals surface area (Å²) in [6.45, 7) is 1.40. The summed E-state index contributed by atoms with van der Waals surface area (Å²) in [5.41, 5.74) is 0. The van der Waals surface area contributed by atoms with Gasteiger partial charge in [0.1, 0.15) is 0 Å². The Hall–Kier alpha value is -0.580. The first-order valence-corrected chi connectivity index (χ1v) is 3.35. The molecule has 0 amide bonds. The first kappa shape index (κ1) is 7.42. The van der Waals surface area contributed by atoms with Gasteiger partial charge in [0.2, 0.25) is 17.0 Å². The zero-order valence-corrected chi connectivity index (χ0v) is 5.44. The third kappa shape index (κ3) is 3.60. The van der Waals surface area contributed by atoms with E-state index in [1.54, 1.807) is 0 Å². The molecular weight excluding hydrogens is 130 g/mol. The van der Waals surface area contributed by atoms with Crippen LogP contribution in [0.5, 0.6) is 0 Å². The molecule has 0 fully saturated rings. The van der Waals surface area contributed by atoms with E-state index < -0.39 is 11.1 Å². The molecule has 0 rings (SSSR count). The lowest BCUT2D eigenvalue weighted by Gasteiger charge is -1.93. The highest BCUT2D eigenvalue weighted by Gasteiger charge is 1.91. The van der Waals surface area contributed by atoms with Crippen molar-refractivity contribution in [3.8, 4) is 0 Å². The van der Waals surface area contributed by atoms with E-state index in [-0.39, 0.29) is 5.90 Å². The summed E-state index contributed by atoms with van der Waals surface area (Å²) in [6, 6.07) is 0. The lowest BCUT2D eigenvalue weighted by atomic mass is 10.8. The van der Waals surface area contributed by atoms with Crippen LogP contribution in [0.15, 0.2) is 5.16 Å². The molecule has 0 saturated carbocycles. The van der Waals surface area contributed by atoms with Crippen molar-refractivity contribution in [3.63, 3.8) is 0 Å². The van der Waals surface area contributed by atoms with E-state index in [1.165, 1.54) is 13.2 Å². The van der Waals surface area contributed by atoms with Crippen LogP contribution in [0.2, 0.25) is 0 Å². The van der Waals surface area contributed by atoms with Gasteiger partial charge in [0.15, 0.2) is 0 Å². The minimum absolute atomic E-state index is 0.00540. The number of rotatable bonds is 1. The fourth-order valence-corrected chi connectivity index (χ4v) is 0.560. The molecule has 1 unspecified atom stereocenters. The highest BCUT2D eigenvalue weighted by atomic mass is 32.2. The SMILES string of the molecule is CC(=NO)OS(C)=O. The van der Waals surface area contributed by atoms with E-state index in [4.69, 9.17) is 5.21 Å². The van der Waals surface area contributed by atoms with Crippen LogP contribution in [0.4, 0.5) is 0 Å². The first-order valence-electron chi connectivity index (χ1n) is 1.87. The standard InChI is InChI=1S/C3H7NO3S/c1-3(4-5)7-8(2)6/h5H,1-2H3. The Bertz CT molecular complexity index is 122. The molecule has 0 aromatic rings. The second-order valence-corrected chi connectivity index (χ2v) is 2.07. The summed E-state index contributed by atoms with van der Waals surface area (Å²) in [6.07, 6.45) is 1.34. The molecule has 0 bridgehead atoms. The molecule has 0 spiro atoms. The third-order valence-electron chi connectivity index (χ3n) is 0.379. The molecule has 48 valence electrons. The maximum absolute atomic E-state index is 10.1. The van der Waals surface area contributed by atoms with Crippen molar-refractivity contribution >= 4 is 17.0 Å². The van der Waals surface area contributed by atoms with Gasteiger partial charge in [0.05, 0.1) is 0 Å². The van der Waals surface area contributed by atoms with Gasteiger partial charge in [-0.15, -0.1) is 0 Å². The van der Waals surface area contributed by atoms with Crippen LogP contribution in [0.1, 0.15) is 6.92 Å². The summed E-state index contributed by atoms with van der Waals surface area (Å²) in [5, 5.41) is 10.5. The lowest BCUT2D eigenvalue weighted by Crippen LogP contribution is -2.00. The first-order chi connectivity index (χ1) is 3.66. The minimum Gasteiger partial charge on any atom is -0.408 e. The van der Waals surface area contributed by atoms with Gasteiger partial charge in [-0.25, -0.2) is 4.21 Å². The van der Waals surface area contributed by atoms with Gasteiger partial charge in [-0.05, 0) is 0 Å². The third-order valence-corrected chi connectivity index (χ3v) is 0.855. The second-order valence-electron chi connectivity index (χ2n) is 1.10. The molecule has 0 aliphatic heterocycles. The van der Waals surface area contributed by atoms with Crippen LogP contribution in [-0.4, -0.2) is 21.6 Å². The lowest BCUT2D eigenvalue weighted by molar-refractivity contribution is 0.305. The van der Waals surface area contributed by atoms with Gasteiger partial charge >= 0.3 is 0 Å². The molecule has 0 heterocycles. The van der Waals surface area contributed by atoms with E-state index in [9.17, 15) is 4.21 Å². The molecule has 0 saturated heterocycles. The fourth-order valence-electron chi connectivity index (χ4n) is 0.187. The van der Waals surface area contributed by atoms with Gasteiger partial charge in [-0.3, -0.25) is 0 Å². The highest BCUT2D eigenvalue weighted by molar-refractivity contribution is 7.79. The average molecular weight is 137 g/mol. The minimum atomic E-state index is -1.39. The molecule has 0 aliphatic carbocycles. The molecule has 1 N–H and O–H groups in total. The molecule has 0 aliphatic rings. The van der Waals surface area contributed by atoms with E-state index in [1.807, 2.05) is 0 Å². The number of oxime groups is 1. The summed E-state index contributed by atoms with van der Waals surface area (Å²) in [5.74, 6) is 0.00540. The normalized spacial score (nSPS) is 15.5. The zero-order chi connectivity index (χ0) is 6.57. The summed E-state index contributed by atoms with van der Waals surface area (Å²) >= 11 is -1.39. The van der Waals surface area contributed by atoms with Crippen molar-refractivity contribution in [2.24, 2.45) is 5.16 Å². The molecular formula is C3H7NO3S. The van der Waals surface area contributed by atoms with Crippen LogP contribution in [0.3, 0.4) is 0 Å². The Labute approximate surface area is 49.8 Å². The van der Waals surface area contributed by atoms with E-state index >= 15 is 0 Å². The van der Waals surface area contributed by atoms with Gasteiger partial charge in [-0.2, -0.15) is 0 Å². The van der Waals surface area contributed by atoms with Gasteiger partial charge < -0.3 is 9.39 Å². The predicted octanol–water partition coefficient (Wildman–Crippen LogP) is 0.104. The molecule has 0 radical (unpaired) electrons. The van der Waals surface area contributed by atoms with E-state index in [0.717, 1.165) is 0 Å². The topological polar surface area (TPSA) is 58.9 Å².